The molecule has 104 valence electrons. The first-order chi connectivity index (χ1) is 9.56. The third-order valence-corrected chi connectivity index (χ3v) is 3.09. The van der Waals surface area contributed by atoms with Gasteiger partial charge in [0.25, 0.3) is 0 Å². The molecule has 0 radical (unpaired) electrons. The predicted octanol–water partition coefficient (Wildman–Crippen LogP) is 2.20. The molecule has 1 heterocycles. The average Bonchev–Trinajstić information content (AvgIpc) is 2.76. The summed E-state index contributed by atoms with van der Waals surface area (Å²) in [5.74, 6) is -0.490. The van der Waals surface area contributed by atoms with E-state index in [4.69, 9.17) is 0 Å². The normalized spacial score (nSPS) is 10.9. The van der Waals surface area contributed by atoms with E-state index in [1.165, 1.54) is 18.2 Å². The highest BCUT2D eigenvalue weighted by atomic mass is 19.1. The number of benzene rings is 1. The number of halogens is 1. The van der Waals surface area contributed by atoms with Crippen LogP contribution in [0.1, 0.15) is 16.8 Å². The molecule has 5 heteroatoms. The fraction of sp³-hybridized carbons (Fsp3) is 0.200. The summed E-state index contributed by atoms with van der Waals surface area (Å²) in [5.41, 5.74) is 2.78. The number of amides is 1. The van der Waals surface area contributed by atoms with Crippen LogP contribution in [0.2, 0.25) is 0 Å². The van der Waals surface area contributed by atoms with Crippen molar-refractivity contribution in [2.24, 2.45) is 7.05 Å². The Kier molecular flexibility index (Phi) is 4.30. The third kappa shape index (κ3) is 3.54. The second kappa shape index (κ2) is 6.14. The van der Waals surface area contributed by atoms with Crippen molar-refractivity contribution in [3.8, 4) is 0 Å². The summed E-state index contributed by atoms with van der Waals surface area (Å²) in [6.45, 7) is 2.38. The molecule has 0 unspecified atom stereocenters. The summed E-state index contributed by atoms with van der Waals surface area (Å²) in [6.07, 6.45) is 4.81. The van der Waals surface area contributed by atoms with Crippen molar-refractivity contribution in [2.45, 2.75) is 13.5 Å². The fourth-order valence-electron chi connectivity index (χ4n) is 1.70. The molecule has 1 N–H and O–H groups in total. The zero-order chi connectivity index (χ0) is 14.5. The molecule has 1 aromatic carbocycles. The largest absolute Gasteiger partial charge is 0.348 e. The van der Waals surface area contributed by atoms with E-state index in [0.29, 0.717) is 6.54 Å². The lowest BCUT2D eigenvalue weighted by Gasteiger charge is -2.02. The standard InChI is InChI=1S/C15H16FN3O/c1-11-13(10-18-19(11)2)9-17-15(20)8-5-12-3-6-14(16)7-4-12/h3-8,10H,9H2,1-2H3,(H,17,20)/b8-5+. The number of nitrogens with zero attached hydrogens (tertiary/aromatic N) is 2. The molecular formula is C15H16FN3O. The van der Waals surface area contributed by atoms with E-state index in [0.717, 1.165) is 16.8 Å². The van der Waals surface area contributed by atoms with Gasteiger partial charge in [0, 0.05) is 30.9 Å². The van der Waals surface area contributed by atoms with Gasteiger partial charge in [-0.15, -0.1) is 0 Å². The first-order valence-corrected chi connectivity index (χ1v) is 6.25. The molecule has 0 saturated carbocycles. The Hall–Kier alpha value is -2.43. The Bertz CT molecular complexity index is 629. The van der Waals surface area contributed by atoms with Crippen LogP contribution in [-0.2, 0) is 18.4 Å². The van der Waals surface area contributed by atoms with Crippen LogP contribution in [0.25, 0.3) is 6.08 Å². The van der Waals surface area contributed by atoms with Crippen LogP contribution in [0, 0.1) is 12.7 Å². The quantitative estimate of drug-likeness (QED) is 0.868. The van der Waals surface area contributed by atoms with Crippen molar-refractivity contribution in [1.29, 1.82) is 0 Å². The number of aromatic nitrogens is 2. The topological polar surface area (TPSA) is 46.9 Å². The lowest BCUT2D eigenvalue weighted by atomic mass is 10.2. The summed E-state index contributed by atoms with van der Waals surface area (Å²) in [4.78, 5) is 11.7. The van der Waals surface area contributed by atoms with Crippen molar-refractivity contribution >= 4 is 12.0 Å². The fourth-order valence-corrected chi connectivity index (χ4v) is 1.70. The van der Waals surface area contributed by atoms with E-state index in [2.05, 4.69) is 10.4 Å². The smallest absolute Gasteiger partial charge is 0.244 e. The Morgan fingerprint density at radius 1 is 1.40 bits per heavy atom. The molecular weight excluding hydrogens is 257 g/mol. The molecule has 0 aliphatic carbocycles. The molecule has 0 aliphatic heterocycles. The van der Waals surface area contributed by atoms with Crippen LogP contribution in [0.4, 0.5) is 4.39 Å². The van der Waals surface area contributed by atoms with Crippen molar-refractivity contribution in [3.63, 3.8) is 0 Å². The summed E-state index contributed by atoms with van der Waals surface area (Å²) in [6, 6.07) is 5.95. The number of carbonyl (C=O) groups is 1. The van der Waals surface area contributed by atoms with Crippen LogP contribution in [0.15, 0.2) is 36.5 Å². The molecule has 0 fully saturated rings. The lowest BCUT2D eigenvalue weighted by Crippen LogP contribution is -2.20. The number of hydrogen-bond acceptors (Lipinski definition) is 2. The van der Waals surface area contributed by atoms with Crippen LogP contribution in [-0.4, -0.2) is 15.7 Å². The zero-order valence-corrected chi connectivity index (χ0v) is 11.4. The summed E-state index contributed by atoms with van der Waals surface area (Å²) >= 11 is 0. The monoisotopic (exact) mass is 273 g/mol. The molecule has 0 bridgehead atoms. The van der Waals surface area contributed by atoms with E-state index in [1.54, 1.807) is 29.1 Å². The van der Waals surface area contributed by atoms with Gasteiger partial charge in [-0.2, -0.15) is 5.10 Å². The van der Waals surface area contributed by atoms with Gasteiger partial charge in [0.1, 0.15) is 5.82 Å². The number of rotatable bonds is 4. The Morgan fingerprint density at radius 3 is 2.70 bits per heavy atom. The van der Waals surface area contributed by atoms with Gasteiger partial charge in [-0.05, 0) is 30.7 Å². The van der Waals surface area contributed by atoms with Gasteiger partial charge in [-0.3, -0.25) is 9.48 Å². The van der Waals surface area contributed by atoms with Gasteiger partial charge >= 0.3 is 0 Å². The van der Waals surface area contributed by atoms with Crippen molar-refractivity contribution < 1.29 is 9.18 Å². The van der Waals surface area contributed by atoms with E-state index in [1.807, 2.05) is 14.0 Å². The van der Waals surface area contributed by atoms with Crippen molar-refractivity contribution in [1.82, 2.24) is 15.1 Å². The van der Waals surface area contributed by atoms with E-state index >= 15 is 0 Å². The number of aryl methyl sites for hydroxylation is 1. The van der Waals surface area contributed by atoms with Gasteiger partial charge in [0.05, 0.1) is 6.20 Å². The van der Waals surface area contributed by atoms with Crippen molar-refractivity contribution in [3.05, 3.63) is 59.2 Å². The minimum Gasteiger partial charge on any atom is -0.348 e. The third-order valence-electron chi connectivity index (χ3n) is 3.09. The highest BCUT2D eigenvalue weighted by Crippen LogP contribution is 2.06. The molecule has 0 saturated heterocycles. The number of carbonyl (C=O) groups excluding carboxylic acids is 1. The minimum atomic E-state index is -0.293. The molecule has 0 aliphatic rings. The number of hydrogen-bond donors (Lipinski definition) is 1. The van der Waals surface area contributed by atoms with Gasteiger partial charge in [-0.1, -0.05) is 12.1 Å². The highest BCUT2D eigenvalue weighted by Gasteiger charge is 2.04. The van der Waals surface area contributed by atoms with Crippen LogP contribution in [0.3, 0.4) is 0 Å². The average molecular weight is 273 g/mol. The van der Waals surface area contributed by atoms with E-state index < -0.39 is 0 Å². The van der Waals surface area contributed by atoms with Crippen LogP contribution < -0.4 is 5.32 Å². The van der Waals surface area contributed by atoms with Gasteiger partial charge in [0.15, 0.2) is 0 Å². The Balaban J connectivity index is 1.89. The maximum atomic E-state index is 12.7. The van der Waals surface area contributed by atoms with E-state index in [-0.39, 0.29) is 11.7 Å². The summed E-state index contributed by atoms with van der Waals surface area (Å²) < 4.78 is 14.5. The van der Waals surface area contributed by atoms with Gasteiger partial charge < -0.3 is 5.32 Å². The molecule has 1 amide bonds. The first-order valence-electron chi connectivity index (χ1n) is 6.25. The molecule has 4 nitrogen and oxygen atoms in total. The molecule has 0 spiro atoms. The SMILES string of the molecule is Cc1c(CNC(=O)/C=C/c2ccc(F)cc2)cnn1C. The highest BCUT2D eigenvalue weighted by molar-refractivity contribution is 5.91. The number of nitrogens with one attached hydrogen (secondary N) is 1. The molecule has 2 rings (SSSR count). The molecule has 1 aromatic heterocycles. The predicted molar refractivity (Wildman–Crippen MR) is 75.2 cm³/mol. The molecule has 0 atom stereocenters. The first kappa shape index (κ1) is 14.0. The van der Waals surface area contributed by atoms with Crippen molar-refractivity contribution in [2.75, 3.05) is 0 Å². The summed E-state index contributed by atoms with van der Waals surface area (Å²) in [7, 11) is 1.86. The molecule has 2 aromatic rings. The lowest BCUT2D eigenvalue weighted by molar-refractivity contribution is -0.116. The minimum absolute atomic E-state index is 0.197. The van der Waals surface area contributed by atoms with Gasteiger partial charge in [0.2, 0.25) is 5.91 Å². The molecule has 20 heavy (non-hydrogen) atoms. The maximum absolute atomic E-state index is 12.7. The van der Waals surface area contributed by atoms with Crippen LogP contribution >= 0.6 is 0 Å². The zero-order valence-electron chi connectivity index (χ0n) is 11.4. The Labute approximate surface area is 116 Å². The van der Waals surface area contributed by atoms with E-state index in [9.17, 15) is 9.18 Å². The maximum Gasteiger partial charge on any atom is 0.244 e. The summed E-state index contributed by atoms with van der Waals surface area (Å²) in [5, 5.41) is 6.89. The second-order valence-electron chi connectivity index (χ2n) is 4.48. The van der Waals surface area contributed by atoms with Crippen LogP contribution in [0.5, 0.6) is 0 Å². The second-order valence-corrected chi connectivity index (χ2v) is 4.48. The van der Waals surface area contributed by atoms with Gasteiger partial charge in [-0.25, -0.2) is 4.39 Å². The Morgan fingerprint density at radius 2 is 2.10 bits per heavy atom.